The quantitative estimate of drug-likeness (QED) is 0.881. The number of hydrogen-bond acceptors (Lipinski definition) is 6. The van der Waals surface area contributed by atoms with Crippen LogP contribution in [0.15, 0.2) is 30.5 Å². The predicted octanol–water partition coefficient (Wildman–Crippen LogP) is 0.817. The number of β-amino-alcohol motifs (C(OH)–C–C–N with tert-alkyl or cyclic N) is 1. The molecular formula is C18H25N5O. The molecule has 4 rings (SSSR count). The number of hydrogen-bond donors (Lipinski definition) is 1. The first-order valence-corrected chi connectivity index (χ1v) is 8.78. The molecule has 0 amide bonds. The van der Waals surface area contributed by atoms with Gasteiger partial charge < -0.3 is 14.9 Å². The van der Waals surface area contributed by atoms with Crippen LogP contribution in [0.3, 0.4) is 0 Å². The van der Waals surface area contributed by atoms with E-state index in [1.165, 1.54) is 0 Å². The summed E-state index contributed by atoms with van der Waals surface area (Å²) in [4.78, 5) is 16.2. The highest BCUT2D eigenvalue weighted by atomic mass is 16.3. The molecular weight excluding hydrogens is 302 g/mol. The van der Waals surface area contributed by atoms with E-state index in [4.69, 9.17) is 4.98 Å². The van der Waals surface area contributed by atoms with Crippen LogP contribution in [0.25, 0.3) is 11.0 Å². The van der Waals surface area contributed by atoms with Gasteiger partial charge in [-0.2, -0.15) is 0 Å². The van der Waals surface area contributed by atoms with Gasteiger partial charge in [0.15, 0.2) is 0 Å². The number of benzene rings is 1. The highest BCUT2D eigenvalue weighted by Gasteiger charge is 2.33. The number of aliphatic hydroxyl groups is 1. The van der Waals surface area contributed by atoms with Crippen molar-refractivity contribution in [3.05, 3.63) is 30.5 Å². The molecule has 2 aliphatic rings. The van der Waals surface area contributed by atoms with Gasteiger partial charge >= 0.3 is 0 Å². The molecule has 0 radical (unpaired) electrons. The van der Waals surface area contributed by atoms with Crippen LogP contribution in [-0.2, 0) is 0 Å². The second-order valence-corrected chi connectivity index (χ2v) is 6.93. The van der Waals surface area contributed by atoms with E-state index in [2.05, 4.69) is 26.7 Å². The Kier molecular flexibility index (Phi) is 4.35. The maximum atomic E-state index is 10.7. The summed E-state index contributed by atoms with van der Waals surface area (Å²) in [5.74, 6) is 0.865. The Morgan fingerprint density at radius 2 is 1.79 bits per heavy atom. The Bertz CT molecular complexity index is 701. The van der Waals surface area contributed by atoms with Crippen molar-refractivity contribution >= 4 is 16.9 Å². The third-order valence-electron chi connectivity index (χ3n) is 5.31. The molecule has 0 aliphatic carbocycles. The molecule has 2 fully saturated rings. The number of aromatic nitrogens is 2. The second kappa shape index (κ2) is 6.63. The maximum Gasteiger partial charge on any atom is 0.147 e. The Hall–Kier alpha value is -1.76. The lowest BCUT2D eigenvalue weighted by molar-refractivity contribution is 0.0138. The van der Waals surface area contributed by atoms with Crippen molar-refractivity contribution in [1.29, 1.82) is 0 Å². The topological polar surface area (TPSA) is 55.7 Å². The molecule has 1 aromatic heterocycles. The lowest BCUT2D eigenvalue weighted by atomic mass is 9.99. The minimum Gasteiger partial charge on any atom is -0.390 e. The Morgan fingerprint density at radius 1 is 1.04 bits per heavy atom. The van der Waals surface area contributed by atoms with Gasteiger partial charge in [-0.1, -0.05) is 12.1 Å². The molecule has 2 aliphatic heterocycles. The van der Waals surface area contributed by atoms with E-state index < -0.39 is 0 Å². The molecule has 24 heavy (non-hydrogen) atoms. The molecule has 0 bridgehead atoms. The summed E-state index contributed by atoms with van der Waals surface area (Å²) in [6.07, 6.45) is 2.46. The monoisotopic (exact) mass is 327 g/mol. The molecule has 1 N–H and O–H groups in total. The van der Waals surface area contributed by atoms with Gasteiger partial charge in [-0.3, -0.25) is 9.88 Å². The maximum absolute atomic E-state index is 10.7. The standard InChI is InChI=1S/C18H25N5O/c1-21-8-10-22(11-9-21)16-6-7-23(13-17(16)24)18-12-19-14-4-2-3-5-15(14)20-18/h2-5,12,16-17,24H,6-11,13H2,1H3/t16-,17-/m1/s1. The van der Waals surface area contributed by atoms with Crippen LogP contribution in [0, 0.1) is 0 Å². The highest BCUT2D eigenvalue weighted by Crippen LogP contribution is 2.23. The number of nitrogens with zero attached hydrogens (tertiary/aromatic N) is 5. The normalized spacial score (nSPS) is 26.8. The van der Waals surface area contributed by atoms with Crippen molar-refractivity contribution in [3.63, 3.8) is 0 Å². The first-order chi connectivity index (χ1) is 11.7. The molecule has 6 nitrogen and oxygen atoms in total. The largest absolute Gasteiger partial charge is 0.390 e. The van der Waals surface area contributed by atoms with Gasteiger partial charge in [-0.25, -0.2) is 4.98 Å². The molecule has 0 spiro atoms. The van der Waals surface area contributed by atoms with Gasteiger partial charge in [0.25, 0.3) is 0 Å². The third-order valence-corrected chi connectivity index (χ3v) is 5.31. The number of piperidine rings is 1. The average molecular weight is 327 g/mol. The highest BCUT2D eigenvalue weighted by molar-refractivity contribution is 5.75. The molecule has 2 atom stereocenters. The summed E-state index contributed by atoms with van der Waals surface area (Å²) in [6.45, 7) is 5.82. The zero-order chi connectivity index (χ0) is 16.5. The predicted molar refractivity (Wildman–Crippen MR) is 95.2 cm³/mol. The van der Waals surface area contributed by atoms with Crippen molar-refractivity contribution in [2.24, 2.45) is 0 Å². The van der Waals surface area contributed by atoms with Crippen molar-refractivity contribution in [1.82, 2.24) is 19.8 Å². The van der Waals surface area contributed by atoms with E-state index >= 15 is 0 Å². The third kappa shape index (κ3) is 3.09. The van der Waals surface area contributed by atoms with Crippen LogP contribution >= 0.6 is 0 Å². The van der Waals surface area contributed by atoms with E-state index in [0.717, 1.165) is 56.0 Å². The van der Waals surface area contributed by atoms with E-state index in [1.54, 1.807) is 0 Å². The molecule has 2 aromatic rings. The summed E-state index contributed by atoms with van der Waals surface area (Å²) < 4.78 is 0. The van der Waals surface area contributed by atoms with E-state index in [9.17, 15) is 5.11 Å². The van der Waals surface area contributed by atoms with E-state index in [-0.39, 0.29) is 12.1 Å². The van der Waals surface area contributed by atoms with E-state index in [0.29, 0.717) is 6.54 Å². The Balaban J connectivity index is 1.45. The Morgan fingerprint density at radius 3 is 2.54 bits per heavy atom. The zero-order valence-electron chi connectivity index (χ0n) is 14.2. The summed E-state index contributed by atoms with van der Waals surface area (Å²) in [5.41, 5.74) is 1.82. The molecule has 3 heterocycles. The van der Waals surface area contributed by atoms with Crippen LogP contribution in [0.2, 0.25) is 0 Å². The lowest BCUT2D eigenvalue weighted by Gasteiger charge is -2.44. The first-order valence-electron chi connectivity index (χ1n) is 8.78. The Labute approximate surface area is 142 Å². The zero-order valence-corrected chi connectivity index (χ0v) is 14.2. The van der Waals surface area contributed by atoms with Crippen LogP contribution in [0.1, 0.15) is 6.42 Å². The number of anilines is 1. The fraction of sp³-hybridized carbons (Fsp3) is 0.556. The lowest BCUT2D eigenvalue weighted by Crippen LogP contribution is -2.58. The molecule has 0 saturated carbocycles. The van der Waals surface area contributed by atoms with Crippen LogP contribution in [0.4, 0.5) is 5.82 Å². The van der Waals surface area contributed by atoms with Gasteiger partial charge in [0.2, 0.25) is 0 Å². The summed E-state index contributed by atoms with van der Waals surface area (Å²) in [5, 5.41) is 10.7. The minimum absolute atomic E-state index is 0.267. The summed E-state index contributed by atoms with van der Waals surface area (Å²) >= 11 is 0. The first kappa shape index (κ1) is 15.7. The van der Waals surface area contributed by atoms with E-state index in [1.807, 2.05) is 30.5 Å². The molecule has 128 valence electrons. The minimum atomic E-state index is -0.338. The molecule has 6 heteroatoms. The van der Waals surface area contributed by atoms with Crippen molar-refractivity contribution in [2.45, 2.75) is 18.6 Å². The molecule has 2 saturated heterocycles. The van der Waals surface area contributed by atoms with Gasteiger partial charge in [-0.05, 0) is 25.6 Å². The van der Waals surface area contributed by atoms with Gasteiger partial charge in [-0.15, -0.1) is 0 Å². The van der Waals surface area contributed by atoms with Gasteiger partial charge in [0, 0.05) is 45.3 Å². The van der Waals surface area contributed by atoms with Gasteiger partial charge in [0.1, 0.15) is 5.82 Å². The average Bonchev–Trinajstić information content (AvgIpc) is 2.62. The molecule has 0 unspecified atom stereocenters. The number of aliphatic hydroxyl groups excluding tert-OH is 1. The van der Waals surface area contributed by atoms with Crippen molar-refractivity contribution in [2.75, 3.05) is 51.2 Å². The molecule has 1 aromatic carbocycles. The van der Waals surface area contributed by atoms with Crippen molar-refractivity contribution in [3.8, 4) is 0 Å². The summed E-state index contributed by atoms with van der Waals surface area (Å²) in [6, 6.07) is 8.18. The fourth-order valence-electron chi connectivity index (χ4n) is 3.81. The van der Waals surface area contributed by atoms with Crippen LogP contribution in [-0.4, -0.2) is 83.3 Å². The summed E-state index contributed by atoms with van der Waals surface area (Å²) in [7, 11) is 2.16. The number of rotatable bonds is 2. The van der Waals surface area contributed by atoms with Crippen LogP contribution in [0.5, 0.6) is 0 Å². The number of piperazine rings is 1. The fourth-order valence-corrected chi connectivity index (χ4v) is 3.81. The smallest absolute Gasteiger partial charge is 0.147 e. The number of likely N-dealkylation sites (N-methyl/N-ethyl adjacent to an activating group) is 1. The number of fused-ring (bicyclic) bond motifs is 1. The second-order valence-electron chi connectivity index (χ2n) is 6.93. The number of para-hydroxylation sites is 2. The van der Waals surface area contributed by atoms with Gasteiger partial charge in [0.05, 0.1) is 23.3 Å². The van der Waals surface area contributed by atoms with Crippen LogP contribution < -0.4 is 4.90 Å². The SMILES string of the molecule is CN1CCN([C@@H]2CCN(c3cnc4ccccc4n3)C[C@H]2O)CC1. The van der Waals surface area contributed by atoms with Crippen molar-refractivity contribution < 1.29 is 5.11 Å².